The third-order valence-electron chi connectivity index (χ3n) is 3.95. The SMILES string of the molecule is C[C@H]1CN(C(=O)Cc2ccc(Cl)c(Br)c2)CCN1C(=O)OC(C)(C)C. The fourth-order valence-electron chi connectivity index (χ4n) is 2.71. The van der Waals surface area contributed by atoms with Crippen LogP contribution in [0, 0.1) is 0 Å². The van der Waals surface area contributed by atoms with Crippen molar-refractivity contribution >= 4 is 39.5 Å². The minimum atomic E-state index is -0.522. The van der Waals surface area contributed by atoms with Gasteiger partial charge in [0.05, 0.1) is 11.4 Å². The standard InChI is InChI=1S/C18H24BrClN2O3/c1-12-11-21(7-8-22(12)17(24)25-18(2,3)4)16(23)10-13-5-6-15(20)14(19)9-13/h5-6,9,12H,7-8,10-11H2,1-4H3/t12-/m0/s1. The van der Waals surface area contributed by atoms with Gasteiger partial charge < -0.3 is 14.5 Å². The van der Waals surface area contributed by atoms with E-state index in [1.54, 1.807) is 15.9 Å². The molecule has 0 radical (unpaired) electrons. The van der Waals surface area contributed by atoms with Crippen molar-refractivity contribution in [3.05, 3.63) is 33.3 Å². The summed E-state index contributed by atoms with van der Waals surface area (Å²) in [6, 6.07) is 5.41. The van der Waals surface area contributed by atoms with Gasteiger partial charge in [0.25, 0.3) is 0 Å². The molecular formula is C18H24BrClN2O3. The number of hydrogen-bond donors (Lipinski definition) is 0. The molecule has 0 N–H and O–H groups in total. The van der Waals surface area contributed by atoms with Crippen molar-refractivity contribution in [3.8, 4) is 0 Å². The fraction of sp³-hybridized carbons (Fsp3) is 0.556. The summed E-state index contributed by atoms with van der Waals surface area (Å²) in [6.07, 6.45) is -0.0108. The summed E-state index contributed by atoms with van der Waals surface area (Å²) in [7, 11) is 0. The van der Waals surface area contributed by atoms with Crippen LogP contribution in [0.25, 0.3) is 0 Å². The first kappa shape index (κ1) is 20.0. The Morgan fingerprint density at radius 3 is 2.56 bits per heavy atom. The molecule has 2 amide bonds. The van der Waals surface area contributed by atoms with E-state index in [9.17, 15) is 9.59 Å². The zero-order valence-corrected chi connectivity index (χ0v) is 17.4. The summed E-state index contributed by atoms with van der Waals surface area (Å²) >= 11 is 9.36. The number of carbonyl (C=O) groups is 2. The molecule has 7 heteroatoms. The Balaban J connectivity index is 1.94. The lowest BCUT2D eigenvalue weighted by atomic mass is 10.1. The van der Waals surface area contributed by atoms with E-state index in [4.69, 9.17) is 16.3 Å². The third kappa shape index (κ3) is 5.61. The second kappa shape index (κ2) is 7.96. The minimum absolute atomic E-state index is 0.0462. The van der Waals surface area contributed by atoms with E-state index in [2.05, 4.69) is 15.9 Å². The molecule has 0 unspecified atom stereocenters. The summed E-state index contributed by atoms with van der Waals surface area (Å²) in [5, 5.41) is 0.621. The molecule has 0 saturated carbocycles. The van der Waals surface area contributed by atoms with Gasteiger partial charge in [0.2, 0.25) is 5.91 Å². The molecule has 1 aliphatic rings. The highest BCUT2D eigenvalue weighted by molar-refractivity contribution is 9.10. The fourth-order valence-corrected chi connectivity index (χ4v) is 3.26. The van der Waals surface area contributed by atoms with Gasteiger partial charge in [-0.15, -0.1) is 0 Å². The van der Waals surface area contributed by atoms with Crippen LogP contribution in [-0.4, -0.2) is 53.1 Å². The minimum Gasteiger partial charge on any atom is -0.444 e. The Bertz CT molecular complexity index is 660. The van der Waals surface area contributed by atoms with Crippen LogP contribution in [0.1, 0.15) is 33.3 Å². The molecule has 0 aliphatic carbocycles. The molecule has 1 aliphatic heterocycles. The first-order valence-corrected chi connectivity index (χ1v) is 9.45. The van der Waals surface area contributed by atoms with Crippen molar-refractivity contribution in [1.82, 2.24) is 9.80 Å². The van der Waals surface area contributed by atoms with E-state index in [1.807, 2.05) is 39.8 Å². The van der Waals surface area contributed by atoms with Gasteiger partial charge in [-0.3, -0.25) is 4.79 Å². The van der Waals surface area contributed by atoms with Crippen LogP contribution in [0.5, 0.6) is 0 Å². The smallest absolute Gasteiger partial charge is 0.410 e. The topological polar surface area (TPSA) is 49.9 Å². The van der Waals surface area contributed by atoms with Crippen LogP contribution in [-0.2, 0) is 16.0 Å². The van der Waals surface area contributed by atoms with Crippen molar-refractivity contribution < 1.29 is 14.3 Å². The van der Waals surface area contributed by atoms with E-state index in [-0.39, 0.29) is 18.0 Å². The summed E-state index contributed by atoms with van der Waals surface area (Å²) in [5.41, 5.74) is 0.384. The monoisotopic (exact) mass is 430 g/mol. The Kier molecular flexibility index (Phi) is 6.38. The molecule has 1 fully saturated rings. The Labute approximate surface area is 162 Å². The molecule has 1 heterocycles. The summed E-state index contributed by atoms with van der Waals surface area (Å²) in [6.45, 7) is 8.97. The summed E-state index contributed by atoms with van der Waals surface area (Å²) < 4.78 is 6.21. The van der Waals surface area contributed by atoms with Crippen LogP contribution >= 0.6 is 27.5 Å². The highest BCUT2D eigenvalue weighted by Gasteiger charge is 2.32. The Morgan fingerprint density at radius 2 is 2.00 bits per heavy atom. The number of hydrogen-bond acceptors (Lipinski definition) is 3. The van der Waals surface area contributed by atoms with Crippen molar-refractivity contribution in [1.29, 1.82) is 0 Å². The molecule has 5 nitrogen and oxygen atoms in total. The summed E-state index contributed by atoms with van der Waals surface area (Å²) in [5.74, 6) is 0.0462. The van der Waals surface area contributed by atoms with Gasteiger partial charge in [-0.1, -0.05) is 17.7 Å². The maximum atomic E-state index is 12.6. The number of amides is 2. The maximum Gasteiger partial charge on any atom is 0.410 e. The third-order valence-corrected chi connectivity index (χ3v) is 5.16. The predicted molar refractivity (Wildman–Crippen MR) is 102 cm³/mol. The number of carbonyl (C=O) groups excluding carboxylic acids is 2. The van der Waals surface area contributed by atoms with E-state index in [0.29, 0.717) is 31.1 Å². The van der Waals surface area contributed by atoms with Crippen LogP contribution < -0.4 is 0 Å². The molecule has 1 atom stereocenters. The lowest BCUT2D eigenvalue weighted by Gasteiger charge is -2.40. The number of ether oxygens (including phenoxy) is 1. The molecule has 1 aromatic carbocycles. The lowest BCUT2D eigenvalue weighted by molar-refractivity contribution is -0.133. The van der Waals surface area contributed by atoms with Crippen LogP contribution in [0.3, 0.4) is 0 Å². The second-order valence-corrected chi connectivity index (χ2v) is 8.55. The van der Waals surface area contributed by atoms with E-state index in [1.165, 1.54) is 0 Å². The number of benzene rings is 1. The van der Waals surface area contributed by atoms with Gasteiger partial charge in [-0.25, -0.2) is 4.79 Å². The van der Waals surface area contributed by atoms with E-state index >= 15 is 0 Å². The van der Waals surface area contributed by atoms with Crippen LogP contribution in [0.2, 0.25) is 5.02 Å². The molecular weight excluding hydrogens is 408 g/mol. The zero-order valence-electron chi connectivity index (χ0n) is 15.0. The van der Waals surface area contributed by atoms with Crippen molar-refractivity contribution in [2.45, 2.75) is 45.8 Å². The number of rotatable bonds is 2. The molecule has 0 aromatic heterocycles. The Hall–Kier alpha value is -1.27. The van der Waals surface area contributed by atoms with Gasteiger partial charge in [-0.05, 0) is 61.3 Å². The largest absolute Gasteiger partial charge is 0.444 e. The van der Waals surface area contributed by atoms with Crippen molar-refractivity contribution in [2.24, 2.45) is 0 Å². The van der Waals surface area contributed by atoms with Gasteiger partial charge in [0.15, 0.2) is 0 Å². The van der Waals surface area contributed by atoms with Crippen LogP contribution in [0.4, 0.5) is 4.79 Å². The van der Waals surface area contributed by atoms with Crippen molar-refractivity contribution in [2.75, 3.05) is 19.6 Å². The number of halogens is 2. The quantitative estimate of drug-likeness (QED) is 0.708. The number of nitrogens with zero attached hydrogens (tertiary/aromatic N) is 2. The normalized spacial score (nSPS) is 18.2. The van der Waals surface area contributed by atoms with E-state index < -0.39 is 5.60 Å². The Morgan fingerprint density at radius 1 is 1.32 bits per heavy atom. The van der Waals surface area contributed by atoms with E-state index in [0.717, 1.165) is 10.0 Å². The predicted octanol–water partition coefficient (Wildman–Crippen LogP) is 4.11. The van der Waals surface area contributed by atoms with Crippen LogP contribution in [0.15, 0.2) is 22.7 Å². The van der Waals surface area contributed by atoms with Gasteiger partial charge in [0, 0.05) is 30.1 Å². The second-order valence-electron chi connectivity index (χ2n) is 7.29. The molecule has 138 valence electrons. The highest BCUT2D eigenvalue weighted by atomic mass is 79.9. The number of piperazine rings is 1. The first-order valence-electron chi connectivity index (χ1n) is 8.28. The molecule has 1 aromatic rings. The summed E-state index contributed by atoms with van der Waals surface area (Å²) in [4.78, 5) is 28.3. The average Bonchev–Trinajstić information content (AvgIpc) is 2.49. The zero-order chi connectivity index (χ0) is 18.8. The lowest BCUT2D eigenvalue weighted by Crippen LogP contribution is -2.56. The van der Waals surface area contributed by atoms with Gasteiger partial charge in [0.1, 0.15) is 5.60 Å². The molecule has 25 heavy (non-hydrogen) atoms. The van der Waals surface area contributed by atoms with Crippen molar-refractivity contribution in [3.63, 3.8) is 0 Å². The maximum absolute atomic E-state index is 12.6. The molecule has 1 saturated heterocycles. The average molecular weight is 432 g/mol. The van der Waals surface area contributed by atoms with Gasteiger partial charge >= 0.3 is 6.09 Å². The molecule has 0 spiro atoms. The van der Waals surface area contributed by atoms with Gasteiger partial charge in [-0.2, -0.15) is 0 Å². The first-order chi connectivity index (χ1) is 11.6. The molecule has 2 rings (SSSR count). The highest BCUT2D eigenvalue weighted by Crippen LogP contribution is 2.24. The molecule has 0 bridgehead atoms.